The molecule has 9 nitrogen and oxygen atoms in total. The number of hydrogen-bond acceptors (Lipinski definition) is 7. The molecule has 0 aliphatic carbocycles. The van der Waals surface area contributed by atoms with Crippen molar-refractivity contribution in [3.63, 3.8) is 0 Å². The number of amides is 1. The number of amidine groups is 1. The molecule has 0 bridgehead atoms. The smallest absolute Gasteiger partial charge is 0.344 e. The summed E-state index contributed by atoms with van der Waals surface area (Å²) in [5.74, 6) is -0.900. The van der Waals surface area contributed by atoms with Crippen LogP contribution in [0.4, 0.5) is 0 Å². The fourth-order valence-electron chi connectivity index (χ4n) is 2.33. The third-order valence-electron chi connectivity index (χ3n) is 3.95. The van der Waals surface area contributed by atoms with E-state index in [-0.39, 0.29) is 31.4 Å². The van der Waals surface area contributed by atoms with E-state index < -0.39 is 11.9 Å². The first-order valence-electron chi connectivity index (χ1n) is 9.04. The Labute approximate surface area is 173 Å². The molecule has 0 saturated heterocycles. The normalized spacial score (nSPS) is 10.2. The van der Waals surface area contributed by atoms with Crippen LogP contribution in [0.25, 0.3) is 0 Å². The molecule has 2 rings (SSSR count). The van der Waals surface area contributed by atoms with Gasteiger partial charge in [0, 0.05) is 23.8 Å². The molecule has 0 fully saturated rings. The molecule has 0 unspecified atom stereocenters. The third kappa shape index (κ3) is 7.02. The van der Waals surface area contributed by atoms with Gasteiger partial charge in [0.15, 0.2) is 12.4 Å². The van der Waals surface area contributed by atoms with E-state index in [1.54, 1.807) is 36.4 Å². The van der Waals surface area contributed by atoms with Crippen molar-refractivity contribution in [3.8, 4) is 5.75 Å². The van der Waals surface area contributed by atoms with Crippen molar-refractivity contribution in [2.75, 3.05) is 33.5 Å². The number of nitrogen functional groups attached to an aromatic ring is 1. The van der Waals surface area contributed by atoms with Crippen molar-refractivity contribution < 1.29 is 28.6 Å². The van der Waals surface area contributed by atoms with Gasteiger partial charge < -0.3 is 25.3 Å². The van der Waals surface area contributed by atoms with Crippen molar-refractivity contribution in [3.05, 3.63) is 65.2 Å². The minimum Gasteiger partial charge on any atom is -0.482 e. The van der Waals surface area contributed by atoms with E-state index in [2.05, 4.69) is 5.32 Å². The lowest BCUT2D eigenvalue weighted by atomic mass is 10.1. The van der Waals surface area contributed by atoms with Gasteiger partial charge in [0.05, 0.1) is 13.2 Å². The van der Waals surface area contributed by atoms with Crippen LogP contribution >= 0.6 is 0 Å². The van der Waals surface area contributed by atoms with Crippen molar-refractivity contribution in [2.45, 2.75) is 0 Å². The van der Waals surface area contributed by atoms with Crippen molar-refractivity contribution in [1.29, 1.82) is 5.41 Å². The molecule has 0 spiro atoms. The topological polar surface area (TPSA) is 141 Å². The average Bonchev–Trinajstić information content (AvgIpc) is 2.76. The molecule has 0 aromatic heterocycles. The zero-order valence-corrected chi connectivity index (χ0v) is 16.5. The number of carbonyl (C=O) groups excluding carboxylic acids is 3. The second-order valence-electron chi connectivity index (χ2n) is 6.12. The number of esters is 1. The number of ketones is 1. The molecule has 2 aromatic rings. The van der Waals surface area contributed by atoms with Gasteiger partial charge in [-0.3, -0.25) is 15.0 Å². The van der Waals surface area contributed by atoms with Crippen LogP contribution in [0.15, 0.2) is 48.5 Å². The molecule has 2 aromatic carbocycles. The van der Waals surface area contributed by atoms with Crippen LogP contribution in [0.3, 0.4) is 0 Å². The van der Waals surface area contributed by atoms with Gasteiger partial charge in [0.25, 0.3) is 5.91 Å². The highest BCUT2D eigenvalue weighted by Gasteiger charge is 2.11. The number of nitrogens with one attached hydrogen (secondary N) is 2. The Balaban J connectivity index is 1.80. The van der Waals surface area contributed by atoms with Gasteiger partial charge in [0.1, 0.15) is 18.2 Å². The van der Waals surface area contributed by atoms with Crippen LogP contribution in [0.1, 0.15) is 26.3 Å². The summed E-state index contributed by atoms with van der Waals surface area (Å²) in [5, 5.41) is 9.89. The minimum absolute atomic E-state index is 0.0902. The summed E-state index contributed by atoms with van der Waals surface area (Å²) in [5.41, 5.74) is 6.62. The van der Waals surface area contributed by atoms with E-state index >= 15 is 0 Å². The standard InChI is InChI=1S/C21H23N3O6/c1-28-10-11-29-19(26)13-30-17-8-6-14(7-9-17)18(25)12-24-21(27)16-4-2-15(3-5-16)20(22)23/h2-9H,10-13H2,1H3,(H3,22,23)(H,24,27). The highest BCUT2D eigenvalue weighted by molar-refractivity contribution is 6.02. The van der Waals surface area contributed by atoms with E-state index in [0.29, 0.717) is 29.0 Å². The summed E-state index contributed by atoms with van der Waals surface area (Å²) in [6, 6.07) is 12.4. The maximum atomic E-state index is 12.3. The second-order valence-corrected chi connectivity index (χ2v) is 6.12. The van der Waals surface area contributed by atoms with Crippen molar-refractivity contribution in [2.24, 2.45) is 5.73 Å². The van der Waals surface area contributed by atoms with E-state index in [9.17, 15) is 14.4 Å². The fraction of sp³-hybridized carbons (Fsp3) is 0.238. The van der Waals surface area contributed by atoms with Crippen LogP contribution in [0.5, 0.6) is 5.75 Å². The van der Waals surface area contributed by atoms with Gasteiger partial charge >= 0.3 is 5.97 Å². The molecule has 158 valence electrons. The number of nitrogens with two attached hydrogens (primary N) is 1. The first-order valence-corrected chi connectivity index (χ1v) is 9.04. The molecule has 0 radical (unpaired) electrons. The molecule has 1 amide bonds. The Kier molecular flexibility index (Phi) is 8.52. The van der Waals surface area contributed by atoms with E-state index in [1.807, 2.05) is 0 Å². The first kappa shape index (κ1) is 22.6. The number of Topliss-reactive ketones (excluding diaryl/α,β-unsaturated/α-hetero) is 1. The van der Waals surface area contributed by atoms with E-state index in [4.69, 9.17) is 25.4 Å². The molecule has 0 aliphatic heterocycles. The lowest BCUT2D eigenvalue weighted by molar-refractivity contribution is -0.147. The largest absolute Gasteiger partial charge is 0.482 e. The number of benzene rings is 2. The number of carbonyl (C=O) groups is 3. The molecule has 9 heteroatoms. The Hall–Kier alpha value is -3.72. The third-order valence-corrected chi connectivity index (χ3v) is 3.95. The molecule has 4 N–H and O–H groups in total. The van der Waals surface area contributed by atoms with Crippen molar-refractivity contribution >= 4 is 23.5 Å². The highest BCUT2D eigenvalue weighted by Crippen LogP contribution is 2.13. The number of rotatable bonds is 11. The van der Waals surface area contributed by atoms with Crippen LogP contribution < -0.4 is 15.8 Å². The van der Waals surface area contributed by atoms with Gasteiger partial charge in [0.2, 0.25) is 0 Å². The number of hydrogen-bond donors (Lipinski definition) is 3. The van der Waals surface area contributed by atoms with Crippen LogP contribution in [0, 0.1) is 5.41 Å². The Morgan fingerprint density at radius 2 is 1.53 bits per heavy atom. The summed E-state index contributed by atoms with van der Waals surface area (Å²) >= 11 is 0. The summed E-state index contributed by atoms with van der Waals surface area (Å²) < 4.78 is 14.9. The average molecular weight is 413 g/mol. The molecule has 0 heterocycles. The van der Waals surface area contributed by atoms with Gasteiger partial charge in [-0.25, -0.2) is 4.79 Å². The van der Waals surface area contributed by atoms with Gasteiger partial charge in [-0.05, 0) is 36.4 Å². The Bertz CT molecular complexity index is 894. The zero-order chi connectivity index (χ0) is 21.9. The maximum Gasteiger partial charge on any atom is 0.344 e. The fourth-order valence-corrected chi connectivity index (χ4v) is 2.33. The highest BCUT2D eigenvalue weighted by atomic mass is 16.6. The Morgan fingerprint density at radius 1 is 0.933 bits per heavy atom. The predicted molar refractivity (Wildman–Crippen MR) is 109 cm³/mol. The first-order chi connectivity index (χ1) is 14.4. The number of ether oxygens (including phenoxy) is 3. The lowest BCUT2D eigenvalue weighted by Gasteiger charge is -2.08. The van der Waals surface area contributed by atoms with Gasteiger partial charge in [-0.1, -0.05) is 12.1 Å². The maximum absolute atomic E-state index is 12.3. The monoisotopic (exact) mass is 413 g/mol. The summed E-state index contributed by atoms with van der Waals surface area (Å²) in [7, 11) is 1.51. The zero-order valence-electron chi connectivity index (χ0n) is 16.5. The van der Waals surface area contributed by atoms with E-state index in [0.717, 1.165) is 0 Å². The molecule has 30 heavy (non-hydrogen) atoms. The second kappa shape index (κ2) is 11.3. The molecule has 0 saturated carbocycles. The summed E-state index contributed by atoms with van der Waals surface area (Å²) in [6.07, 6.45) is 0. The molecule has 0 aliphatic rings. The van der Waals surface area contributed by atoms with Crippen molar-refractivity contribution in [1.82, 2.24) is 5.32 Å². The van der Waals surface area contributed by atoms with Gasteiger partial charge in [-0.2, -0.15) is 0 Å². The molecule has 0 atom stereocenters. The number of methoxy groups -OCH3 is 1. The quantitative estimate of drug-likeness (QED) is 0.165. The molecular formula is C21H23N3O6. The Morgan fingerprint density at radius 3 is 2.13 bits per heavy atom. The van der Waals surface area contributed by atoms with Gasteiger partial charge in [-0.15, -0.1) is 0 Å². The predicted octanol–water partition coefficient (Wildman–Crippen LogP) is 1.15. The van der Waals surface area contributed by atoms with Crippen LogP contribution in [-0.4, -0.2) is 57.0 Å². The lowest BCUT2D eigenvalue weighted by Crippen LogP contribution is -2.29. The van der Waals surface area contributed by atoms with E-state index in [1.165, 1.54) is 19.2 Å². The summed E-state index contributed by atoms with van der Waals surface area (Å²) in [4.78, 5) is 35.9. The SMILES string of the molecule is COCCOC(=O)COc1ccc(C(=O)CNC(=O)c2ccc(C(=N)N)cc2)cc1. The van der Waals surface area contributed by atoms with Crippen LogP contribution in [0.2, 0.25) is 0 Å². The molecular weight excluding hydrogens is 390 g/mol. The van der Waals surface area contributed by atoms with Crippen LogP contribution in [-0.2, 0) is 14.3 Å². The summed E-state index contributed by atoms with van der Waals surface area (Å²) in [6.45, 7) is 0.0241. The minimum atomic E-state index is -0.522.